The van der Waals surface area contributed by atoms with Crippen LogP contribution in [0.3, 0.4) is 0 Å². The molecule has 1 aliphatic rings. The van der Waals surface area contributed by atoms with Crippen LogP contribution in [0.15, 0.2) is 36.5 Å². The van der Waals surface area contributed by atoms with Gasteiger partial charge >= 0.3 is 0 Å². The van der Waals surface area contributed by atoms with E-state index < -0.39 is 0 Å². The van der Waals surface area contributed by atoms with Crippen LogP contribution in [-0.2, 0) is 6.42 Å². The van der Waals surface area contributed by atoms with E-state index in [0.717, 1.165) is 25.1 Å². The molecule has 1 aliphatic carbocycles. The zero-order valence-corrected chi connectivity index (χ0v) is 12.7. The van der Waals surface area contributed by atoms with E-state index in [1.807, 2.05) is 25.3 Å². The molecule has 0 aliphatic heterocycles. The Hall–Kier alpha value is -1.45. The Kier molecular flexibility index (Phi) is 4.22. The molecule has 0 bridgehead atoms. The molecule has 3 rings (SSSR count). The van der Waals surface area contributed by atoms with Crippen molar-refractivity contribution in [1.82, 2.24) is 10.3 Å². The minimum Gasteiger partial charge on any atom is -0.310 e. The molecule has 2 unspecified atom stereocenters. The Morgan fingerprint density at radius 3 is 3.05 bits per heavy atom. The summed E-state index contributed by atoms with van der Waals surface area (Å²) < 4.78 is 14.4. The van der Waals surface area contributed by atoms with Crippen molar-refractivity contribution < 1.29 is 4.39 Å². The highest BCUT2D eigenvalue weighted by Crippen LogP contribution is 2.41. The number of aryl methyl sites for hydroxylation is 1. The third-order valence-electron chi connectivity index (χ3n) is 4.14. The lowest BCUT2D eigenvalue weighted by Gasteiger charge is -2.25. The molecule has 1 N–H and O–H groups in total. The standard InChI is InChI=1S/C17H18ClFN2/c1-2-20-17(12-6-3-7-14(18)15(12)19)13-9-8-11-5-4-10-21-16(11)13/h3-7,10,13,17,20H,2,8-9H2,1H3. The van der Waals surface area contributed by atoms with Gasteiger partial charge in [-0.3, -0.25) is 4.98 Å². The van der Waals surface area contributed by atoms with Gasteiger partial charge in [0, 0.05) is 29.4 Å². The first kappa shape index (κ1) is 14.5. The van der Waals surface area contributed by atoms with Crippen LogP contribution in [0.25, 0.3) is 0 Å². The summed E-state index contributed by atoms with van der Waals surface area (Å²) in [5.74, 6) is -0.136. The zero-order chi connectivity index (χ0) is 14.8. The van der Waals surface area contributed by atoms with Gasteiger partial charge in [-0.05, 0) is 37.1 Å². The van der Waals surface area contributed by atoms with Gasteiger partial charge in [0.1, 0.15) is 5.82 Å². The van der Waals surface area contributed by atoms with Crippen LogP contribution in [0, 0.1) is 5.82 Å². The van der Waals surface area contributed by atoms with Gasteiger partial charge in [0.15, 0.2) is 0 Å². The number of pyridine rings is 1. The maximum absolute atomic E-state index is 14.4. The van der Waals surface area contributed by atoms with Crippen LogP contribution in [0.5, 0.6) is 0 Å². The molecule has 0 spiro atoms. The van der Waals surface area contributed by atoms with Crippen LogP contribution in [0.2, 0.25) is 5.02 Å². The molecule has 0 radical (unpaired) electrons. The Bertz CT molecular complexity index is 644. The van der Waals surface area contributed by atoms with Crippen LogP contribution in [0.4, 0.5) is 4.39 Å². The number of benzene rings is 1. The summed E-state index contributed by atoms with van der Waals surface area (Å²) >= 11 is 5.95. The largest absolute Gasteiger partial charge is 0.310 e. The smallest absolute Gasteiger partial charge is 0.146 e. The average Bonchev–Trinajstić information content (AvgIpc) is 2.92. The predicted molar refractivity (Wildman–Crippen MR) is 83.1 cm³/mol. The fourth-order valence-electron chi connectivity index (χ4n) is 3.22. The highest BCUT2D eigenvalue weighted by atomic mass is 35.5. The van der Waals surface area contributed by atoms with Crippen LogP contribution >= 0.6 is 11.6 Å². The summed E-state index contributed by atoms with van der Waals surface area (Å²) in [7, 11) is 0. The van der Waals surface area contributed by atoms with Crippen molar-refractivity contribution in [2.45, 2.75) is 31.7 Å². The van der Waals surface area contributed by atoms with Gasteiger partial charge in [-0.1, -0.05) is 36.7 Å². The number of likely N-dealkylation sites (N-methyl/N-ethyl adjacent to an activating group) is 1. The predicted octanol–water partition coefficient (Wildman–Crippen LogP) is 4.25. The fraction of sp³-hybridized carbons (Fsp3) is 0.353. The minimum atomic E-state index is -0.325. The van der Waals surface area contributed by atoms with Gasteiger partial charge in [-0.2, -0.15) is 0 Å². The van der Waals surface area contributed by atoms with E-state index in [1.165, 1.54) is 5.56 Å². The van der Waals surface area contributed by atoms with Gasteiger partial charge < -0.3 is 5.32 Å². The quantitative estimate of drug-likeness (QED) is 0.913. The maximum Gasteiger partial charge on any atom is 0.146 e. The fourth-order valence-corrected chi connectivity index (χ4v) is 3.40. The molecule has 1 heterocycles. The van der Waals surface area contributed by atoms with Crippen molar-refractivity contribution in [2.75, 3.05) is 6.54 Å². The Balaban J connectivity index is 2.02. The van der Waals surface area contributed by atoms with Gasteiger partial charge in [0.05, 0.1) is 5.02 Å². The van der Waals surface area contributed by atoms with Crippen molar-refractivity contribution in [3.8, 4) is 0 Å². The number of hydrogen-bond donors (Lipinski definition) is 1. The average molecular weight is 305 g/mol. The van der Waals surface area contributed by atoms with E-state index in [1.54, 1.807) is 12.1 Å². The van der Waals surface area contributed by atoms with Crippen molar-refractivity contribution in [2.24, 2.45) is 0 Å². The monoisotopic (exact) mass is 304 g/mol. The summed E-state index contributed by atoms with van der Waals surface area (Å²) in [5, 5.41) is 3.59. The Morgan fingerprint density at radius 2 is 2.24 bits per heavy atom. The van der Waals surface area contributed by atoms with Gasteiger partial charge in [-0.25, -0.2) is 4.39 Å². The molecule has 2 aromatic rings. The van der Waals surface area contributed by atoms with E-state index in [4.69, 9.17) is 11.6 Å². The highest BCUT2D eigenvalue weighted by molar-refractivity contribution is 6.30. The molecule has 110 valence electrons. The van der Waals surface area contributed by atoms with Crippen molar-refractivity contribution in [1.29, 1.82) is 0 Å². The SMILES string of the molecule is CCNC(c1cccc(Cl)c1F)C1CCc2cccnc21. The normalized spacial score (nSPS) is 18.5. The number of fused-ring (bicyclic) bond motifs is 1. The number of halogens is 2. The Labute approximate surface area is 129 Å². The summed E-state index contributed by atoms with van der Waals surface area (Å²) in [4.78, 5) is 4.53. The molecule has 2 nitrogen and oxygen atoms in total. The molecular formula is C17H18ClFN2. The summed E-state index contributed by atoms with van der Waals surface area (Å²) in [6.45, 7) is 2.80. The summed E-state index contributed by atoms with van der Waals surface area (Å²) in [5.41, 5.74) is 2.99. The molecular weight excluding hydrogens is 287 g/mol. The highest BCUT2D eigenvalue weighted by Gasteiger charge is 2.33. The number of nitrogens with one attached hydrogen (secondary N) is 1. The molecule has 4 heteroatoms. The van der Waals surface area contributed by atoms with Crippen LogP contribution in [0.1, 0.15) is 42.1 Å². The molecule has 21 heavy (non-hydrogen) atoms. The number of aromatic nitrogens is 1. The van der Waals surface area contributed by atoms with Gasteiger partial charge in [0.25, 0.3) is 0 Å². The van der Waals surface area contributed by atoms with Crippen molar-refractivity contribution in [3.63, 3.8) is 0 Å². The third kappa shape index (κ3) is 2.68. The first-order chi connectivity index (χ1) is 10.2. The van der Waals surface area contributed by atoms with E-state index >= 15 is 0 Å². The summed E-state index contributed by atoms with van der Waals surface area (Å²) in [6.07, 6.45) is 3.79. The molecule has 1 aromatic carbocycles. The molecule has 1 aromatic heterocycles. The lowest BCUT2D eigenvalue weighted by atomic mass is 9.90. The zero-order valence-electron chi connectivity index (χ0n) is 11.9. The first-order valence-electron chi connectivity index (χ1n) is 7.33. The second kappa shape index (κ2) is 6.12. The molecule has 0 amide bonds. The first-order valence-corrected chi connectivity index (χ1v) is 7.71. The van der Waals surface area contributed by atoms with Gasteiger partial charge in [0.2, 0.25) is 0 Å². The molecule has 0 saturated heterocycles. The lowest BCUT2D eigenvalue weighted by molar-refractivity contribution is 0.429. The van der Waals surface area contributed by atoms with Crippen molar-refractivity contribution >= 4 is 11.6 Å². The van der Waals surface area contributed by atoms with E-state index in [-0.39, 0.29) is 22.8 Å². The number of hydrogen-bond acceptors (Lipinski definition) is 2. The Morgan fingerprint density at radius 1 is 1.38 bits per heavy atom. The van der Waals surface area contributed by atoms with Crippen LogP contribution in [-0.4, -0.2) is 11.5 Å². The minimum absolute atomic E-state index is 0.0927. The second-order valence-electron chi connectivity index (χ2n) is 5.37. The summed E-state index contributed by atoms with van der Waals surface area (Å²) in [6, 6.07) is 9.19. The van der Waals surface area contributed by atoms with E-state index in [2.05, 4.69) is 16.4 Å². The maximum atomic E-state index is 14.4. The number of rotatable bonds is 4. The lowest BCUT2D eigenvalue weighted by Crippen LogP contribution is -2.27. The molecule has 2 atom stereocenters. The topological polar surface area (TPSA) is 24.9 Å². The second-order valence-corrected chi connectivity index (χ2v) is 5.78. The molecule has 0 saturated carbocycles. The van der Waals surface area contributed by atoms with E-state index in [0.29, 0.717) is 5.56 Å². The van der Waals surface area contributed by atoms with Crippen LogP contribution < -0.4 is 5.32 Å². The third-order valence-corrected chi connectivity index (χ3v) is 4.44. The van der Waals surface area contributed by atoms with Gasteiger partial charge in [-0.15, -0.1) is 0 Å². The molecule has 0 fully saturated rings. The van der Waals surface area contributed by atoms with E-state index in [9.17, 15) is 4.39 Å². The number of nitrogens with zero attached hydrogens (tertiary/aromatic N) is 1. The van der Waals surface area contributed by atoms with Crippen molar-refractivity contribution in [3.05, 3.63) is 64.2 Å².